The molecule has 1 heterocycles. The number of ether oxygens (including phenoxy) is 1. The molecule has 4 heteroatoms. The minimum Gasteiger partial charge on any atom is -0.376 e. The predicted molar refractivity (Wildman–Crippen MR) is 69.2 cm³/mol. The molecule has 4 nitrogen and oxygen atoms in total. The van der Waals surface area contributed by atoms with Crippen molar-refractivity contribution in [2.75, 3.05) is 19.7 Å². The maximum atomic E-state index is 12.2. The lowest BCUT2D eigenvalue weighted by Crippen LogP contribution is -2.58. The maximum Gasteiger partial charge on any atom is 0.258 e. The van der Waals surface area contributed by atoms with Gasteiger partial charge in [0.25, 0.3) is 5.91 Å². The van der Waals surface area contributed by atoms with Gasteiger partial charge in [0.2, 0.25) is 0 Å². The van der Waals surface area contributed by atoms with Crippen molar-refractivity contribution < 1.29 is 14.6 Å². The topological polar surface area (TPSA) is 49.8 Å². The highest BCUT2D eigenvalue weighted by molar-refractivity contribution is 5.86. The highest BCUT2D eigenvalue weighted by Crippen LogP contribution is 2.34. The first-order chi connectivity index (χ1) is 8.49. The highest BCUT2D eigenvalue weighted by atomic mass is 16.5. The summed E-state index contributed by atoms with van der Waals surface area (Å²) in [6, 6.07) is 0. The van der Waals surface area contributed by atoms with Gasteiger partial charge in [-0.3, -0.25) is 4.79 Å². The van der Waals surface area contributed by atoms with Gasteiger partial charge in [0.1, 0.15) is 0 Å². The summed E-state index contributed by atoms with van der Waals surface area (Å²) in [5, 5.41) is 9.98. The molecule has 0 radical (unpaired) electrons. The number of carbonyl (C=O) groups is 1. The monoisotopic (exact) mass is 253 g/mol. The van der Waals surface area contributed by atoms with Crippen LogP contribution in [-0.4, -0.2) is 46.8 Å². The van der Waals surface area contributed by atoms with E-state index in [1.807, 2.05) is 0 Å². The molecule has 0 aromatic carbocycles. The van der Waals surface area contributed by atoms with E-state index in [4.69, 9.17) is 4.74 Å². The molecule has 1 saturated heterocycles. The Morgan fingerprint density at radius 1 is 1.44 bits per heavy atom. The minimum absolute atomic E-state index is 0.163. The molecule has 102 valence electrons. The Balaban J connectivity index is 2.06. The molecule has 0 unspecified atom stereocenters. The zero-order valence-electron chi connectivity index (χ0n) is 11.2. The summed E-state index contributed by atoms with van der Waals surface area (Å²) in [6.07, 6.45) is 6.93. The first-order valence-electron chi connectivity index (χ1n) is 6.78. The van der Waals surface area contributed by atoms with Crippen molar-refractivity contribution in [2.24, 2.45) is 0 Å². The average Bonchev–Trinajstić information content (AvgIpc) is 2.39. The zero-order valence-corrected chi connectivity index (χ0v) is 11.2. The van der Waals surface area contributed by atoms with Crippen molar-refractivity contribution in [2.45, 2.75) is 50.2 Å². The van der Waals surface area contributed by atoms with E-state index < -0.39 is 5.60 Å². The van der Waals surface area contributed by atoms with Gasteiger partial charge in [-0.25, -0.2) is 0 Å². The average molecular weight is 253 g/mol. The molecule has 1 amide bonds. The summed E-state index contributed by atoms with van der Waals surface area (Å²) >= 11 is 0. The molecule has 1 aliphatic heterocycles. The van der Waals surface area contributed by atoms with Crippen LogP contribution in [0.2, 0.25) is 0 Å². The number of carbonyl (C=O) groups excluding carboxylic acids is 1. The van der Waals surface area contributed by atoms with Crippen LogP contribution in [-0.2, 0) is 9.53 Å². The van der Waals surface area contributed by atoms with E-state index in [0.29, 0.717) is 19.7 Å². The first kappa shape index (κ1) is 13.6. The lowest BCUT2D eigenvalue weighted by Gasteiger charge is -2.46. The highest BCUT2D eigenvalue weighted by Gasteiger charge is 2.42. The Labute approximate surface area is 109 Å². The van der Waals surface area contributed by atoms with Crippen molar-refractivity contribution in [3.05, 3.63) is 12.7 Å². The molecular formula is C14H23NO3. The maximum absolute atomic E-state index is 12.2. The molecule has 1 atom stereocenters. The number of amides is 1. The predicted octanol–water partition coefficient (Wildman–Crippen LogP) is 1.49. The molecule has 2 fully saturated rings. The summed E-state index contributed by atoms with van der Waals surface area (Å²) in [5.74, 6) is -0.259. The van der Waals surface area contributed by atoms with Gasteiger partial charge in [-0.15, -0.1) is 0 Å². The van der Waals surface area contributed by atoms with Crippen LogP contribution in [0.4, 0.5) is 0 Å². The van der Waals surface area contributed by atoms with Crippen molar-refractivity contribution in [3.63, 3.8) is 0 Å². The Kier molecular flexibility index (Phi) is 3.78. The summed E-state index contributed by atoms with van der Waals surface area (Å²) in [6.45, 7) is 6.75. The number of morpholine rings is 1. The molecular weight excluding hydrogens is 230 g/mol. The molecule has 1 spiro atoms. The third-order valence-electron chi connectivity index (χ3n) is 4.13. The van der Waals surface area contributed by atoms with Crippen molar-refractivity contribution in [1.29, 1.82) is 0 Å². The van der Waals surface area contributed by atoms with Crippen molar-refractivity contribution >= 4 is 5.91 Å². The normalized spacial score (nSPS) is 26.7. The summed E-state index contributed by atoms with van der Waals surface area (Å²) in [4.78, 5) is 14.0. The standard InChI is InChI=1S/C14H23NO3/c1-3-13(2,17)12(16)15-9-10-18-14(11-15)7-5-4-6-8-14/h3,17H,1,4-11H2,2H3/t13-/m0/s1. The second kappa shape index (κ2) is 5.02. The van der Waals surface area contributed by atoms with Gasteiger partial charge in [-0.05, 0) is 19.8 Å². The van der Waals surface area contributed by atoms with Crippen LogP contribution in [0.15, 0.2) is 12.7 Å². The van der Waals surface area contributed by atoms with Crippen LogP contribution in [0.3, 0.4) is 0 Å². The number of rotatable bonds is 2. The lowest BCUT2D eigenvalue weighted by atomic mass is 9.83. The molecule has 1 aliphatic carbocycles. The number of hydrogen-bond donors (Lipinski definition) is 1. The molecule has 0 aromatic heterocycles. The second-order valence-corrected chi connectivity index (χ2v) is 5.67. The Hall–Kier alpha value is -0.870. The van der Waals surface area contributed by atoms with Crippen LogP contribution in [0.1, 0.15) is 39.0 Å². The minimum atomic E-state index is -1.47. The van der Waals surface area contributed by atoms with Crippen molar-refractivity contribution in [1.82, 2.24) is 4.90 Å². The third-order valence-corrected chi connectivity index (χ3v) is 4.13. The second-order valence-electron chi connectivity index (χ2n) is 5.67. The quantitative estimate of drug-likeness (QED) is 0.758. The van der Waals surface area contributed by atoms with E-state index in [1.165, 1.54) is 32.3 Å². The van der Waals surface area contributed by atoms with Gasteiger partial charge in [0.05, 0.1) is 12.2 Å². The van der Waals surface area contributed by atoms with Gasteiger partial charge in [0, 0.05) is 13.1 Å². The van der Waals surface area contributed by atoms with E-state index in [1.54, 1.807) is 4.90 Å². The van der Waals surface area contributed by atoms with E-state index in [2.05, 4.69) is 6.58 Å². The third kappa shape index (κ3) is 2.59. The lowest BCUT2D eigenvalue weighted by molar-refractivity contribution is -0.167. The molecule has 2 rings (SSSR count). The fourth-order valence-electron chi connectivity index (χ4n) is 2.92. The van der Waals surface area contributed by atoms with Crippen LogP contribution < -0.4 is 0 Å². The van der Waals surface area contributed by atoms with Crippen LogP contribution in [0.5, 0.6) is 0 Å². The molecule has 18 heavy (non-hydrogen) atoms. The smallest absolute Gasteiger partial charge is 0.258 e. The molecule has 2 aliphatic rings. The first-order valence-corrected chi connectivity index (χ1v) is 6.78. The van der Waals surface area contributed by atoms with Crippen LogP contribution >= 0.6 is 0 Å². The summed E-state index contributed by atoms with van der Waals surface area (Å²) in [7, 11) is 0. The Bertz CT molecular complexity index is 326. The Morgan fingerprint density at radius 2 is 2.11 bits per heavy atom. The van der Waals surface area contributed by atoms with Crippen molar-refractivity contribution in [3.8, 4) is 0 Å². The summed E-state index contributed by atoms with van der Waals surface area (Å²) < 4.78 is 5.93. The fraction of sp³-hybridized carbons (Fsp3) is 0.786. The van der Waals surface area contributed by atoms with Crippen LogP contribution in [0.25, 0.3) is 0 Å². The number of aliphatic hydroxyl groups is 1. The van der Waals surface area contributed by atoms with Gasteiger partial charge >= 0.3 is 0 Å². The van der Waals surface area contributed by atoms with E-state index in [9.17, 15) is 9.90 Å². The Morgan fingerprint density at radius 3 is 2.72 bits per heavy atom. The number of hydrogen-bond acceptors (Lipinski definition) is 3. The van der Waals surface area contributed by atoms with E-state index in [-0.39, 0.29) is 11.5 Å². The molecule has 1 saturated carbocycles. The molecule has 1 N–H and O–H groups in total. The van der Waals surface area contributed by atoms with E-state index in [0.717, 1.165) is 12.8 Å². The van der Waals surface area contributed by atoms with Gasteiger partial charge in [0.15, 0.2) is 5.60 Å². The van der Waals surface area contributed by atoms with Gasteiger partial charge in [-0.2, -0.15) is 0 Å². The zero-order chi connectivity index (χ0) is 13.2. The van der Waals surface area contributed by atoms with Gasteiger partial charge in [-0.1, -0.05) is 31.9 Å². The molecule has 0 aromatic rings. The van der Waals surface area contributed by atoms with E-state index >= 15 is 0 Å². The largest absolute Gasteiger partial charge is 0.376 e. The fourth-order valence-corrected chi connectivity index (χ4v) is 2.92. The van der Waals surface area contributed by atoms with Crippen LogP contribution in [0, 0.1) is 0 Å². The molecule has 0 bridgehead atoms. The SMILES string of the molecule is C=C[C@](C)(O)C(=O)N1CCOC2(CCCCC2)C1. The summed E-state index contributed by atoms with van der Waals surface area (Å²) in [5.41, 5.74) is -1.63. The number of nitrogens with zero attached hydrogens (tertiary/aromatic N) is 1. The van der Waals surface area contributed by atoms with Gasteiger partial charge < -0.3 is 14.7 Å².